The van der Waals surface area contributed by atoms with Crippen molar-refractivity contribution in [2.45, 2.75) is 9.79 Å². The average Bonchev–Trinajstić information content (AvgIpc) is 3.11. The Labute approximate surface area is 195 Å². The van der Waals surface area contributed by atoms with Crippen molar-refractivity contribution in [1.82, 2.24) is 9.88 Å². The fraction of sp³-hybridized carbons (Fsp3) is 0.300. The van der Waals surface area contributed by atoms with Crippen molar-refractivity contribution in [3.63, 3.8) is 0 Å². The van der Waals surface area contributed by atoms with Gasteiger partial charge in [0.25, 0.3) is 0 Å². The number of para-hydroxylation sites is 1. The summed E-state index contributed by atoms with van der Waals surface area (Å²) in [5, 5.41) is 1.46. The van der Waals surface area contributed by atoms with Crippen LogP contribution < -0.4 is 4.90 Å². The molecule has 1 amide bonds. The first kappa shape index (κ1) is 24.3. The van der Waals surface area contributed by atoms with E-state index in [1.54, 1.807) is 23.1 Å². The number of anilines is 1. The van der Waals surface area contributed by atoms with E-state index in [1.165, 1.54) is 11.8 Å². The van der Waals surface area contributed by atoms with Gasteiger partial charge in [-0.05, 0) is 56.7 Å². The highest BCUT2D eigenvalue weighted by molar-refractivity contribution is 8.00. The zero-order valence-electron chi connectivity index (χ0n) is 16.4. The maximum absolute atomic E-state index is 13.0. The van der Waals surface area contributed by atoms with Crippen molar-refractivity contribution in [3.8, 4) is 0 Å². The summed E-state index contributed by atoms with van der Waals surface area (Å²) in [7, 11) is 4.02. The van der Waals surface area contributed by atoms with E-state index in [0.717, 1.165) is 31.7 Å². The van der Waals surface area contributed by atoms with Crippen LogP contribution in [0.5, 0.6) is 0 Å². The molecule has 29 heavy (non-hydrogen) atoms. The highest BCUT2D eigenvalue weighted by Gasteiger charge is 2.21. The summed E-state index contributed by atoms with van der Waals surface area (Å²) in [5.41, 5.74) is 0.975. The molecule has 4 nitrogen and oxygen atoms in total. The van der Waals surface area contributed by atoms with Crippen molar-refractivity contribution < 1.29 is 4.79 Å². The first-order valence-electron chi connectivity index (χ1n) is 8.75. The molecule has 0 aliphatic heterocycles. The molecular formula is C20H23Cl2N3OS3. The molecule has 0 fully saturated rings. The monoisotopic (exact) mass is 487 g/mol. The number of hydrogen-bond acceptors (Lipinski definition) is 6. The number of benzene rings is 2. The molecule has 2 aromatic carbocycles. The van der Waals surface area contributed by atoms with Crippen LogP contribution in [0.25, 0.3) is 10.2 Å². The Morgan fingerprint density at radius 1 is 1.14 bits per heavy atom. The van der Waals surface area contributed by atoms with Crippen molar-refractivity contribution >= 4 is 80.1 Å². The van der Waals surface area contributed by atoms with Crippen molar-refractivity contribution in [2.75, 3.05) is 44.1 Å². The third-order valence-electron chi connectivity index (χ3n) is 4.07. The summed E-state index contributed by atoms with van der Waals surface area (Å²) in [6, 6.07) is 13.7. The quantitative estimate of drug-likeness (QED) is 0.376. The standard InChI is InChI=1S/C20H22ClN3OS3.ClH/c1-23(2)11-12-24(18(25)13-27-15-9-7-14(21)8-10-15)20-22-19-16(26-3)5-4-6-17(19)28-20;/h4-10H,11-13H2,1-3H3;1H. The molecule has 3 rings (SSSR count). The van der Waals surface area contributed by atoms with Gasteiger partial charge in [0.1, 0.15) is 0 Å². The summed E-state index contributed by atoms with van der Waals surface area (Å²) in [6.45, 7) is 1.39. The van der Waals surface area contributed by atoms with E-state index in [-0.39, 0.29) is 18.3 Å². The van der Waals surface area contributed by atoms with E-state index in [4.69, 9.17) is 16.6 Å². The Hall–Kier alpha value is -0.960. The number of carbonyl (C=O) groups excluding carboxylic acids is 1. The largest absolute Gasteiger partial charge is 0.308 e. The van der Waals surface area contributed by atoms with Gasteiger partial charge in [0.05, 0.1) is 16.0 Å². The van der Waals surface area contributed by atoms with Crippen molar-refractivity contribution in [1.29, 1.82) is 0 Å². The molecule has 0 aliphatic rings. The molecular weight excluding hydrogens is 465 g/mol. The summed E-state index contributed by atoms with van der Waals surface area (Å²) in [6.07, 6.45) is 2.05. The molecule has 0 spiro atoms. The fourth-order valence-corrected chi connectivity index (χ4v) is 5.14. The van der Waals surface area contributed by atoms with Gasteiger partial charge < -0.3 is 4.90 Å². The molecule has 9 heteroatoms. The smallest absolute Gasteiger partial charge is 0.239 e. The van der Waals surface area contributed by atoms with Crippen LogP contribution in [0.4, 0.5) is 5.13 Å². The van der Waals surface area contributed by atoms with E-state index >= 15 is 0 Å². The second-order valence-electron chi connectivity index (χ2n) is 6.39. The predicted molar refractivity (Wildman–Crippen MR) is 132 cm³/mol. The fourth-order valence-electron chi connectivity index (χ4n) is 2.57. The average molecular weight is 489 g/mol. The minimum atomic E-state index is 0. The van der Waals surface area contributed by atoms with Gasteiger partial charge in [-0.2, -0.15) is 0 Å². The molecule has 0 atom stereocenters. The first-order chi connectivity index (χ1) is 13.5. The minimum Gasteiger partial charge on any atom is -0.308 e. The normalized spacial score (nSPS) is 10.9. The van der Waals surface area contributed by atoms with E-state index in [1.807, 2.05) is 55.6 Å². The van der Waals surface area contributed by atoms with Crippen LogP contribution in [-0.2, 0) is 4.79 Å². The number of likely N-dealkylation sites (N-methyl/N-ethyl adjacent to an activating group) is 1. The number of amides is 1. The Morgan fingerprint density at radius 3 is 2.52 bits per heavy atom. The predicted octanol–water partition coefficient (Wildman–Crippen LogP) is 5.78. The van der Waals surface area contributed by atoms with Crippen LogP contribution >= 0.6 is 58.9 Å². The molecule has 0 aliphatic carbocycles. The van der Waals surface area contributed by atoms with Gasteiger partial charge in [-0.1, -0.05) is 29.0 Å². The summed E-state index contributed by atoms with van der Waals surface area (Å²) < 4.78 is 1.11. The molecule has 0 saturated carbocycles. The van der Waals surface area contributed by atoms with Crippen LogP contribution in [0.15, 0.2) is 52.3 Å². The third-order valence-corrected chi connectivity index (χ3v) is 7.13. The Morgan fingerprint density at radius 2 is 1.86 bits per heavy atom. The van der Waals surface area contributed by atoms with E-state index in [2.05, 4.69) is 17.0 Å². The number of thioether (sulfide) groups is 2. The number of thiazole rings is 1. The van der Waals surface area contributed by atoms with Crippen LogP contribution in [0.2, 0.25) is 5.02 Å². The van der Waals surface area contributed by atoms with Gasteiger partial charge in [-0.15, -0.1) is 35.9 Å². The Kier molecular flexibility index (Phi) is 9.59. The summed E-state index contributed by atoms with van der Waals surface area (Å²) >= 11 is 10.7. The van der Waals surface area contributed by atoms with E-state index in [0.29, 0.717) is 17.3 Å². The van der Waals surface area contributed by atoms with Gasteiger partial charge in [-0.25, -0.2) is 4.98 Å². The number of carbonyl (C=O) groups is 1. The number of halogens is 2. The molecule has 0 radical (unpaired) electrons. The lowest BCUT2D eigenvalue weighted by molar-refractivity contribution is -0.116. The molecule has 156 valence electrons. The number of nitrogens with zero attached hydrogens (tertiary/aromatic N) is 3. The summed E-state index contributed by atoms with van der Waals surface area (Å²) in [4.78, 5) is 23.9. The number of rotatable bonds is 8. The molecule has 3 aromatic rings. The SMILES string of the molecule is CSc1cccc2sc(N(CCN(C)C)C(=O)CSc3ccc(Cl)cc3)nc12.Cl. The maximum Gasteiger partial charge on any atom is 0.239 e. The van der Waals surface area contributed by atoms with E-state index < -0.39 is 0 Å². The Bertz CT molecular complexity index is 948. The van der Waals surface area contributed by atoms with Gasteiger partial charge in [0.2, 0.25) is 5.91 Å². The molecule has 0 saturated heterocycles. The number of fused-ring (bicyclic) bond motifs is 1. The van der Waals surface area contributed by atoms with Gasteiger partial charge >= 0.3 is 0 Å². The lowest BCUT2D eigenvalue weighted by Crippen LogP contribution is -2.37. The number of aromatic nitrogens is 1. The summed E-state index contributed by atoms with van der Waals surface area (Å²) in [5.74, 6) is 0.423. The third kappa shape index (κ3) is 6.51. The van der Waals surface area contributed by atoms with Crippen LogP contribution in [0.1, 0.15) is 0 Å². The molecule has 1 aromatic heterocycles. The lowest BCUT2D eigenvalue weighted by Gasteiger charge is -2.21. The molecule has 0 bridgehead atoms. The number of hydrogen-bond donors (Lipinski definition) is 0. The second-order valence-corrected chi connectivity index (χ2v) is 9.74. The molecule has 0 N–H and O–H groups in total. The van der Waals surface area contributed by atoms with Gasteiger partial charge in [0.15, 0.2) is 5.13 Å². The Balaban J connectivity index is 0.00000300. The van der Waals surface area contributed by atoms with Crippen molar-refractivity contribution in [3.05, 3.63) is 47.5 Å². The van der Waals surface area contributed by atoms with Gasteiger partial charge in [-0.3, -0.25) is 9.69 Å². The maximum atomic E-state index is 13.0. The van der Waals surface area contributed by atoms with Gasteiger partial charge in [0, 0.05) is 27.9 Å². The second kappa shape index (κ2) is 11.4. The van der Waals surface area contributed by atoms with Crippen LogP contribution in [0, 0.1) is 0 Å². The lowest BCUT2D eigenvalue weighted by atomic mass is 10.3. The zero-order valence-corrected chi connectivity index (χ0v) is 20.4. The molecule has 0 unspecified atom stereocenters. The van der Waals surface area contributed by atoms with Crippen molar-refractivity contribution in [2.24, 2.45) is 0 Å². The van der Waals surface area contributed by atoms with Crippen LogP contribution in [-0.4, -0.2) is 55.0 Å². The zero-order chi connectivity index (χ0) is 20.1. The topological polar surface area (TPSA) is 36.4 Å². The minimum absolute atomic E-state index is 0. The first-order valence-corrected chi connectivity index (χ1v) is 12.2. The van der Waals surface area contributed by atoms with E-state index in [9.17, 15) is 4.79 Å². The highest BCUT2D eigenvalue weighted by atomic mass is 35.5. The highest BCUT2D eigenvalue weighted by Crippen LogP contribution is 2.34. The van der Waals surface area contributed by atoms with Crippen LogP contribution in [0.3, 0.4) is 0 Å². The molecule has 1 heterocycles.